The van der Waals surface area contributed by atoms with Crippen LogP contribution in [0.3, 0.4) is 0 Å². The van der Waals surface area contributed by atoms with E-state index in [-0.39, 0.29) is 11.7 Å². The second-order valence-corrected chi connectivity index (χ2v) is 6.66. The summed E-state index contributed by atoms with van der Waals surface area (Å²) in [5.41, 5.74) is 1.25. The summed E-state index contributed by atoms with van der Waals surface area (Å²) in [5, 5.41) is 10.3. The molecule has 6 heteroatoms. The van der Waals surface area contributed by atoms with E-state index in [9.17, 15) is 9.90 Å². The Kier molecular flexibility index (Phi) is 4.87. The van der Waals surface area contributed by atoms with Gasteiger partial charge in [0.2, 0.25) is 0 Å². The minimum Gasteiger partial charge on any atom is -0.504 e. The van der Waals surface area contributed by atoms with Crippen LogP contribution in [0.4, 0.5) is 5.69 Å². The van der Waals surface area contributed by atoms with Crippen molar-refractivity contribution >= 4 is 46.0 Å². The van der Waals surface area contributed by atoms with Crippen LogP contribution >= 0.6 is 24.0 Å². The van der Waals surface area contributed by atoms with Gasteiger partial charge in [0, 0.05) is 5.56 Å². The number of nitrogens with zero attached hydrogens (tertiary/aromatic N) is 1. The molecule has 4 nitrogen and oxygen atoms in total. The van der Waals surface area contributed by atoms with Gasteiger partial charge in [0.25, 0.3) is 5.91 Å². The number of hydrogen-bond donors (Lipinski definition) is 1. The van der Waals surface area contributed by atoms with Gasteiger partial charge in [0.15, 0.2) is 15.8 Å². The van der Waals surface area contributed by atoms with Crippen LogP contribution in [0.5, 0.6) is 11.5 Å². The summed E-state index contributed by atoms with van der Waals surface area (Å²) in [7, 11) is 0. The van der Waals surface area contributed by atoms with Crippen LogP contribution in [-0.4, -0.2) is 21.9 Å². The Hall–Kier alpha value is -2.31. The summed E-state index contributed by atoms with van der Waals surface area (Å²) in [6.45, 7) is 2.30. The van der Waals surface area contributed by atoms with Crippen LogP contribution in [0.2, 0.25) is 0 Å². The van der Waals surface area contributed by atoms with E-state index in [2.05, 4.69) is 0 Å². The van der Waals surface area contributed by atoms with Crippen molar-refractivity contribution in [2.24, 2.45) is 0 Å². The number of hydrogen-bond acceptors (Lipinski definition) is 5. The minimum absolute atomic E-state index is 0.0179. The highest BCUT2D eigenvalue weighted by Crippen LogP contribution is 2.38. The number of thiocarbonyl (C=S) groups is 1. The van der Waals surface area contributed by atoms with E-state index < -0.39 is 0 Å². The molecule has 0 spiro atoms. The van der Waals surface area contributed by atoms with Gasteiger partial charge in [-0.2, -0.15) is 0 Å². The van der Waals surface area contributed by atoms with E-state index in [0.717, 1.165) is 5.69 Å². The molecule has 1 fully saturated rings. The minimum atomic E-state index is -0.197. The number of carbonyl (C=O) groups excluding carboxylic acids is 1. The molecule has 24 heavy (non-hydrogen) atoms. The van der Waals surface area contributed by atoms with E-state index in [4.69, 9.17) is 17.0 Å². The average molecular weight is 357 g/mol. The maximum absolute atomic E-state index is 12.7. The molecule has 2 aromatic carbocycles. The fourth-order valence-electron chi connectivity index (χ4n) is 2.34. The number of phenols is 1. The lowest BCUT2D eigenvalue weighted by Crippen LogP contribution is -2.27. The van der Waals surface area contributed by atoms with Crippen molar-refractivity contribution in [1.82, 2.24) is 0 Å². The summed E-state index contributed by atoms with van der Waals surface area (Å²) in [4.78, 5) is 14.6. The first kappa shape index (κ1) is 16.5. The van der Waals surface area contributed by atoms with Gasteiger partial charge in [0.05, 0.1) is 17.2 Å². The molecule has 1 heterocycles. The van der Waals surface area contributed by atoms with E-state index in [0.29, 0.717) is 27.1 Å². The predicted octanol–water partition coefficient (Wildman–Crippen LogP) is 4.20. The van der Waals surface area contributed by atoms with Crippen LogP contribution < -0.4 is 9.64 Å². The molecule has 1 N–H and O–H groups in total. The lowest BCUT2D eigenvalue weighted by molar-refractivity contribution is -0.113. The third kappa shape index (κ3) is 3.16. The van der Waals surface area contributed by atoms with Crippen molar-refractivity contribution in [3.8, 4) is 11.5 Å². The second kappa shape index (κ2) is 7.07. The van der Waals surface area contributed by atoms with Gasteiger partial charge >= 0.3 is 0 Å². The smallest absolute Gasteiger partial charge is 0.270 e. The standard InChI is InChI=1S/C18H15NO3S2/c1-2-22-14-10-6-7-12(16(14)20)11-15-17(21)19(18(23)24-15)13-8-4-3-5-9-13/h3-11,20H,2H2,1H3/b15-11+. The van der Waals surface area contributed by atoms with Crippen molar-refractivity contribution in [2.45, 2.75) is 6.92 Å². The predicted molar refractivity (Wildman–Crippen MR) is 101 cm³/mol. The Bertz CT molecular complexity index is 818. The maximum atomic E-state index is 12.7. The lowest BCUT2D eigenvalue weighted by atomic mass is 10.1. The molecule has 1 aliphatic heterocycles. The first-order valence-corrected chi connectivity index (χ1v) is 8.62. The Labute approximate surface area is 149 Å². The number of aromatic hydroxyl groups is 1. The van der Waals surface area contributed by atoms with E-state index in [1.165, 1.54) is 16.7 Å². The molecule has 1 saturated heterocycles. The number of benzene rings is 2. The van der Waals surface area contributed by atoms with Crippen molar-refractivity contribution in [3.05, 3.63) is 59.0 Å². The molecule has 0 radical (unpaired) electrons. The van der Waals surface area contributed by atoms with E-state index in [1.807, 2.05) is 37.3 Å². The second-order valence-electron chi connectivity index (χ2n) is 4.98. The van der Waals surface area contributed by atoms with Crippen LogP contribution in [-0.2, 0) is 4.79 Å². The molecular formula is C18H15NO3S2. The van der Waals surface area contributed by atoms with Gasteiger partial charge in [-0.1, -0.05) is 54.3 Å². The first-order valence-electron chi connectivity index (χ1n) is 7.39. The van der Waals surface area contributed by atoms with Gasteiger partial charge in [-0.05, 0) is 31.2 Å². The molecule has 1 aliphatic rings. The Balaban J connectivity index is 1.94. The number of ether oxygens (including phenoxy) is 1. The molecule has 0 aromatic heterocycles. The van der Waals surface area contributed by atoms with Gasteiger partial charge < -0.3 is 9.84 Å². The zero-order chi connectivity index (χ0) is 17.1. The summed E-state index contributed by atoms with van der Waals surface area (Å²) in [6, 6.07) is 14.5. The summed E-state index contributed by atoms with van der Waals surface area (Å²) in [5.74, 6) is 0.214. The monoisotopic (exact) mass is 357 g/mol. The number of phenolic OH excluding ortho intramolecular Hbond substituents is 1. The summed E-state index contributed by atoms with van der Waals surface area (Å²) < 4.78 is 5.84. The van der Waals surface area contributed by atoms with Crippen molar-refractivity contribution in [3.63, 3.8) is 0 Å². The molecular weight excluding hydrogens is 342 g/mol. The molecule has 0 unspecified atom stereocenters. The van der Waals surface area contributed by atoms with E-state index in [1.54, 1.807) is 24.3 Å². The third-order valence-corrected chi connectivity index (χ3v) is 4.73. The average Bonchev–Trinajstić information content (AvgIpc) is 2.86. The third-order valence-electron chi connectivity index (χ3n) is 3.42. The highest BCUT2D eigenvalue weighted by molar-refractivity contribution is 8.27. The number of carbonyl (C=O) groups is 1. The zero-order valence-corrected chi connectivity index (χ0v) is 14.6. The van der Waals surface area contributed by atoms with Crippen LogP contribution in [0.15, 0.2) is 53.4 Å². The fraction of sp³-hybridized carbons (Fsp3) is 0.111. The summed E-state index contributed by atoms with van der Waals surface area (Å²) >= 11 is 6.55. The van der Waals surface area contributed by atoms with Crippen LogP contribution in [0.1, 0.15) is 12.5 Å². The van der Waals surface area contributed by atoms with Gasteiger partial charge in [-0.3, -0.25) is 9.69 Å². The number of rotatable bonds is 4. The van der Waals surface area contributed by atoms with Crippen molar-refractivity contribution in [2.75, 3.05) is 11.5 Å². The Morgan fingerprint density at radius 2 is 1.96 bits per heavy atom. The molecule has 0 aliphatic carbocycles. The first-order chi connectivity index (χ1) is 11.6. The van der Waals surface area contributed by atoms with Gasteiger partial charge in [-0.25, -0.2) is 0 Å². The molecule has 1 amide bonds. The summed E-state index contributed by atoms with van der Waals surface area (Å²) in [6.07, 6.45) is 1.64. The Morgan fingerprint density at radius 1 is 1.21 bits per heavy atom. The number of amides is 1. The maximum Gasteiger partial charge on any atom is 0.270 e. The topological polar surface area (TPSA) is 49.8 Å². The lowest BCUT2D eigenvalue weighted by Gasteiger charge is -2.13. The highest BCUT2D eigenvalue weighted by atomic mass is 32.2. The molecule has 0 bridgehead atoms. The Morgan fingerprint density at radius 3 is 2.67 bits per heavy atom. The molecule has 2 aromatic rings. The van der Waals surface area contributed by atoms with Crippen LogP contribution in [0, 0.1) is 0 Å². The van der Waals surface area contributed by atoms with E-state index >= 15 is 0 Å². The number of anilines is 1. The normalized spacial score (nSPS) is 16.0. The quantitative estimate of drug-likeness (QED) is 0.657. The molecule has 0 saturated carbocycles. The molecule has 0 atom stereocenters. The van der Waals surface area contributed by atoms with Crippen molar-refractivity contribution in [1.29, 1.82) is 0 Å². The SMILES string of the molecule is CCOc1cccc(/C=C2/SC(=S)N(c3ccccc3)C2=O)c1O. The number of para-hydroxylation sites is 2. The highest BCUT2D eigenvalue weighted by Gasteiger charge is 2.33. The van der Waals surface area contributed by atoms with Crippen molar-refractivity contribution < 1.29 is 14.6 Å². The zero-order valence-electron chi connectivity index (χ0n) is 12.9. The van der Waals surface area contributed by atoms with Gasteiger partial charge in [-0.15, -0.1) is 0 Å². The molecule has 122 valence electrons. The largest absolute Gasteiger partial charge is 0.504 e. The van der Waals surface area contributed by atoms with Crippen LogP contribution in [0.25, 0.3) is 6.08 Å². The molecule has 3 rings (SSSR count). The fourth-order valence-corrected chi connectivity index (χ4v) is 3.63. The van der Waals surface area contributed by atoms with Gasteiger partial charge in [0.1, 0.15) is 0 Å². The number of thioether (sulfide) groups is 1.